The summed E-state index contributed by atoms with van der Waals surface area (Å²) in [6.45, 7) is 0. The highest BCUT2D eigenvalue weighted by Gasteiger charge is 2.21. The predicted octanol–water partition coefficient (Wildman–Crippen LogP) is 1.57. The number of nitrogens with zero attached hydrogens (tertiary/aromatic N) is 2. The second-order valence-corrected chi connectivity index (χ2v) is 5.35. The molecule has 0 radical (unpaired) electrons. The third-order valence-corrected chi connectivity index (χ3v) is 3.35. The van der Waals surface area contributed by atoms with Gasteiger partial charge in [-0.15, -0.1) is 0 Å². The standard InChI is InChI=1S/C17H19N3O3/c1-20(2)15-9-8-13(11-18-15)16(21)19-14(17(22)23)10-12-6-4-3-5-7-12/h3-9,11,14H,10H2,1-2H3,(H,19,21)(H,22,23)/t14-/m1/s1. The van der Waals surface area contributed by atoms with Crippen molar-refractivity contribution in [3.8, 4) is 0 Å². The van der Waals surface area contributed by atoms with Crippen molar-refractivity contribution in [1.82, 2.24) is 10.3 Å². The Morgan fingerprint density at radius 2 is 1.87 bits per heavy atom. The minimum Gasteiger partial charge on any atom is -0.480 e. The minimum absolute atomic E-state index is 0.227. The summed E-state index contributed by atoms with van der Waals surface area (Å²) in [5.74, 6) is -0.799. The van der Waals surface area contributed by atoms with Crippen LogP contribution in [0.2, 0.25) is 0 Å². The molecule has 0 aliphatic heterocycles. The molecule has 0 spiro atoms. The molecule has 0 aliphatic rings. The SMILES string of the molecule is CN(C)c1ccc(C(=O)N[C@H](Cc2ccccc2)C(=O)O)cn1. The molecular formula is C17H19N3O3. The van der Waals surface area contributed by atoms with E-state index in [0.29, 0.717) is 5.56 Å². The molecule has 2 aromatic rings. The van der Waals surface area contributed by atoms with Crippen LogP contribution in [0, 0.1) is 0 Å². The number of carboxylic acid groups (broad SMARTS) is 1. The van der Waals surface area contributed by atoms with Gasteiger partial charge in [-0.2, -0.15) is 0 Å². The van der Waals surface area contributed by atoms with Crippen LogP contribution in [-0.2, 0) is 11.2 Å². The summed E-state index contributed by atoms with van der Waals surface area (Å²) in [5, 5.41) is 11.8. The number of carboxylic acids is 1. The van der Waals surface area contributed by atoms with E-state index in [1.54, 1.807) is 12.1 Å². The monoisotopic (exact) mass is 313 g/mol. The van der Waals surface area contributed by atoms with E-state index < -0.39 is 17.9 Å². The van der Waals surface area contributed by atoms with E-state index in [9.17, 15) is 14.7 Å². The third kappa shape index (κ3) is 4.54. The van der Waals surface area contributed by atoms with Crippen molar-refractivity contribution in [1.29, 1.82) is 0 Å². The summed E-state index contributed by atoms with van der Waals surface area (Å²) in [6, 6.07) is 11.5. The van der Waals surface area contributed by atoms with E-state index in [2.05, 4.69) is 10.3 Å². The van der Waals surface area contributed by atoms with Crippen molar-refractivity contribution >= 4 is 17.7 Å². The predicted molar refractivity (Wildman–Crippen MR) is 87.6 cm³/mol. The number of carbonyl (C=O) groups excluding carboxylic acids is 1. The topological polar surface area (TPSA) is 82.5 Å². The molecule has 0 aliphatic carbocycles. The molecular weight excluding hydrogens is 294 g/mol. The lowest BCUT2D eigenvalue weighted by atomic mass is 10.1. The van der Waals surface area contributed by atoms with Crippen LogP contribution in [0.3, 0.4) is 0 Å². The molecule has 6 nitrogen and oxygen atoms in total. The number of carbonyl (C=O) groups is 2. The van der Waals surface area contributed by atoms with Gasteiger partial charge in [0, 0.05) is 26.7 Å². The maximum Gasteiger partial charge on any atom is 0.326 e. The first kappa shape index (κ1) is 16.5. The van der Waals surface area contributed by atoms with Gasteiger partial charge in [0.1, 0.15) is 11.9 Å². The Balaban J connectivity index is 2.07. The van der Waals surface area contributed by atoms with Crippen molar-refractivity contribution in [2.24, 2.45) is 0 Å². The molecule has 23 heavy (non-hydrogen) atoms. The van der Waals surface area contributed by atoms with Gasteiger partial charge in [-0.25, -0.2) is 9.78 Å². The van der Waals surface area contributed by atoms with Gasteiger partial charge in [-0.05, 0) is 17.7 Å². The van der Waals surface area contributed by atoms with E-state index in [0.717, 1.165) is 11.4 Å². The maximum absolute atomic E-state index is 12.2. The molecule has 1 heterocycles. The third-order valence-electron chi connectivity index (χ3n) is 3.35. The van der Waals surface area contributed by atoms with E-state index in [1.807, 2.05) is 49.3 Å². The second-order valence-electron chi connectivity index (χ2n) is 5.35. The fourth-order valence-corrected chi connectivity index (χ4v) is 2.08. The van der Waals surface area contributed by atoms with Gasteiger partial charge in [0.05, 0.1) is 5.56 Å². The quantitative estimate of drug-likeness (QED) is 0.846. The Hall–Kier alpha value is -2.89. The van der Waals surface area contributed by atoms with Crippen LogP contribution in [0.25, 0.3) is 0 Å². The van der Waals surface area contributed by atoms with E-state index in [4.69, 9.17) is 0 Å². The van der Waals surface area contributed by atoms with Crippen molar-refractivity contribution < 1.29 is 14.7 Å². The zero-order chi connectivity index (χ0) is 16.8. The molecule has 0 saturated carbocycles. The average molecular weight is 313 g/mol. The van der Waals surface area contributed by atoms with Crippen molar-refractivity contribution in [2.45, 2.75) is 12.5 Å². The highest BCUT2D eigenvalue weighted by atomic mass is 16.4. The number of rotatable bonds is 6. The Morgan fingerprint density at radius 3 is 2.39 bits per heavy atom. The molecule has 120 valence electrons. The fraction of sp³-hybridized carbons (Fsp3) is 0.235. The summed E-state index contributed by atoms with van der Waals surface area (Å²) in [4.78, 5) is 29.5. The molecule has 0 bridgehead atoms. The normalized spacial score (nSPS) is 11.6. The first-order valence-electron chi connectivity index (χ1n) is 7.18. The minimum atomic E-state index is -1.07. The van der Waals surface area contributed by atoms with E-state index >= 15 is 0 Å². The van der Waals surface area contributed by atoms with Crippen molar-refractivity contribution in [3.63, 3.8) is 0 Å². The largest absolute Gasteiger partial charge is 0.480 e. The summed E-state index contributed by atoms with van der Waals surface area (Å²) >= 11 is 0. The summed E-state index contributed by atoms with van der Waals surface area (Å²) in [5.41, 5.74) is 1.18. The van der Waals surface area contributed by atoms with Crippen molar-refractivity contribution in [2.75, 3.05) is 19.0 Å². The molecule has 2 N–H and O–H groups in total. The van der Waals surface area contributed by atoms with Crippen LogP contribution in [0.15, 0.2) is 48.7 Å². The van der Waals surface area contributed by atoms with Crippen LogP contribution in [0.4, 0.5) is 5.82 Å². The summed E-state index contributed by atoms with van der Waals surface area (Å²) < 4.78 is 0. The number of hydrogen-bond acceptors (Lipinski definition) is 4. The molecule has 6 heteroatoms. The van der Waals surface area contributed by atoms with E-state index in [1.165, 1.54) is 6.20 Å². The zero-order valence-corrected chi connectivity index (χ0v) is 13.1. The average Bonchev–Trinajstić information content (AvgIpc) is 2.55. The maximum atomic E-state index is 12.2. The highest BCUT2D eigenvalue weighted by Crippen LogP contribution is 2.09. The fourth-order valence-electron chi connectivity index (χ4n) is 2.08. The van der Waals surface area contributed by atoms with Crippen LogP contribution in [0.1, 0.15) is 15.9 Å². The van der Waals surface area contributed by atoms with Crippen LogP contribution in [0.5, 0.6) is 0 Å². The number of benzene rings is 1. The number of aromatic nitrogens is 1. The zero-order valence-electron chi connectivity index (χ0n) is 13.1. The molecule has 1 aromatic heterocycles. The molecule has 0 fully saturated rings. The van der Waals surface area contributed by atoms with Gasteiger partial charge in [-0.3, -0.25) is 4.79 Å². The number of hydrogen-bond donors (Lipinski definition) is 2. The first-order chi connectivity index (χ1) is 11.0. The second kappa shape index (κ2) is 7.40. The number of nitrogens with one attached hydrogen (secondary N) is 1. The molecule has 1 amide bonds. The molecule has 0 unspecified atom stereocenters. The van der Waals surface area contributed by atoms with Crippen molar-refractivity contribution in [3.05, 3.63) is 59.8 Å². The Labute approximate surface area is 134 Å². The Kier molecular flexibility index (Phi) is 5.30. The smallest absolute Gasteiger partial charge is 0.326 e. The Morgan fingerprint density at radius 1 is 1.17 bits per heavy atom. The van der Waals surface area contributed by atoms with Crippen LogP contribution < -0.4 is 10.2 Å². The van der Waals surface area contributed by atoms with Gasteiger partial charge < -0.3 is 15.3 Å². The molecule has 2 rings (SSSR count). The summed E-state index contributed by atoms with van der Waals surface area (Å²) in [6.07, 6.45) is 1.66. The number of anilines is 1. The lowest BCUT2D eigenvalue weighted by Gasteiger charge is -2.15. The molecule has 1 atom stereocenters. The lowest BCUT2D eigenvalue weighted by Crippen LogP contribution is -2.42. The Bertz CT molecular complexity index is 669. The lowest BCUT2D eigenvalue weighted by molar-refractivity contribution is -0.139. The van der Waals surface area contributed by atoms with Crippen LogP contribution >= 0.6 is 0 Å². The van der Waals surface area contributed by atoms with Gasteiger partial charge in [0.2, 0.25) is 0 Å². The van der Waals surface area contributed by atoms with Gasteiger partial charge in [0.15, 0.2) is 0 Å². The summed E-state index contributed by atoms with van der Waals surface area (Å²) in [7, 11) is 3.70. The first-order valence-corrected chi connectivity index (χ1v) is 7.18. The van der Waals surface area contributed by atoms with Gasteiger partial charge in [0.25, 0.3) is 5.91 Å². The number of pyridine rings is 1. The van der Waals surface area contributed by atoms with E-state index in [-0.39, 0.29) is 6.42 Å². The molecule has 1 aromatic carbocycles. The van der Waals surface area contributed by atoms with Gasteiger partial charge >= 0.3 is 5.97 Å². The van der Waals surface area contributed by atoms with Crippen LogP contribution in [-0.4, -0.2) is 42.1 Å². The number of amides is 1. The van der Waals surface area contributed by atoms with Gasteiger partial charge in [-0.1, -0.05) is 30.3 Å². The highest BCUT2D eigenvalue weighted by molar-refractivity contribution is 5.96. The molecule has 0 saturated heterocycles. The number of aliphatic carboxylic acids is 1.